The highest BCUT2D eigenvalue weighted by molar-refractivity contribution is 9.10. The van der Waals surface area contributed by atoms with Crippen molar-refractivity contribution in [2.24, 2.45) is 29.6 Å². The van der Waals surface area contributed by atoms with Gasteiger partial charge in [0.2, 0.25) is 0 Å². The van der Waals surface area contributed by atoms with E-state index in [2.05, 4.69) is 73.8 Å². The van der Waals surface area contributed by atoms with Gasteiger partial charge in [0, 0.05) is 24.7 Å². The predicted octanol–water partition coefficient (Wildman–Crippen LogP) is 14.5. The summed E-state index contributed by atoms with van der Waals surface area (Å²) >= 11 is 7.61. The van der Waals surface area contributed by atoms with Gasteiger partial charge >= 0.3 is 0 Å². The van der Waals surface area contributed by atoms with E-state index in [1.807, 2.05) is 24.3 Å². The monoisotopic (exact) mass is 851 g/mol. The molecule has 1 saturated heterocycles. The van der Waals surface area contributed by atoms with Crippen LogP contribution < -0.4 is 0 Å². The van der Waals surface area contributed by atoms with Gasteiger partial charge < -0.3 is 0 Å². The number of hydrogen-bond acceptors (Lipinski definition) is 2. The summed E-state index contributed by atoms with van der Waals surface area (Å²) in [5.41, 5.74) is 2.45. The summed E-state index contributed by atoms with van der Waals surface area (Å²) in [6, 6.07) is 19.0. The van der Waals surface area contributed by atoms with Crippen LogP contribution in [0.5, 0.6) is 0 Å². The van der Waals surface area contributed by atoms with Gasteiger partial charge in [-0.2, -0.15) is 8.78 Å². The summed E-state index contributed by atoms with van der Waals surface area (Å²) in [5.74, 6) is 1.34. The van der Waals surface area contributed by atoms with Crippen LogP contribution in [0.2, 0.25) is 0 Å². The van der Waals surface area contributed by atoms with Crippen molar-refractivity contribution < 1.29 is 17.6 Å². The number of rotatable bonds is 6. The zero-order chi connectivity index (χ0) is 39.7. The fourth-order valence-corrected chi connectivity index (χ4v) is 16.1. The zero-order valence-corrected chi connectivity index (χ0v) is 35.7. The Balaban J connectivity index is 0.000000165. The van der Waals surface area contributed by atoms with Crippen LogP contribution in [-0.2, 0) is 22.8 Å². The van der Waals surface area contributed by atoms with Gasteiger partial charge in [0.1, 0.15) is 16.0 Å². The molecule has 0 bridgehead atoms. The molecule has 0 N–H and O–H groups in total. The maximum absolute atomic E-state index is 15.9. The Hall–Kier alpha value is -1.64. The quantitative estimate of drug-likeness (QED) is 0.108. The van der Waals surface area contributed by atoms with Gasteiger partial charge in [-0.25, -0.2) is 8.78 Å². The molecule has 294 valence electrons. The number of thioether (sulfide) groups is 2. The lowest BCUT2D eigenvalue weighted by molar-refractivity contribution is -0.0605. The highest BCUT2D eigenvalue weighted by atomic mass is 79.9. The fourth-order valence-electron chi connectivity index (χ4n) is 11.3. The molecular formula is C47H56BBrF4S2. The molecule has 2 radical (unpaired) electrons. The van der Waals surface area contributed by atoms with Crippen LogP contribution in [0, 0.1) is 41.2 Å². The summed E-state index contributed by atoms with van der Waals surface area (Å²) in [4.78, 5) is 0. The summed E-state index contributed by atoms with van der Waals surface area (Å²) in [6.45, 7) is 4.49. The van der Waals surface area contributed by atoms with Crippen molar-refractivity contribution in [2.45, 2.75) is 124 Å². The third kappa shape index (κ3) is 7.36. The minimum atomic E-state index is -3.20. The van der Waals surface area contributed by atoms with Crippen molar-refractivity contribution in [3.63, 3.8) is 0 Å². The molecule has 1 aliphatic heterocycles. The van der Waals surface area contributed by atoms with E-state index in [-0.39, 0.29) is 33.2 Å². The van der Waals surface area contributed by atoms with Gasteiger partial charge in [-0.1, -0.05) is 142 Å². The summed E-state index contributed by atoms with van der Waals surface area (Å²) in [5, 5.41) is 2.88. The van der Waals surface area contributed by atoms with Crippen LogP contribution in [0.1, 0.15) is 120 Å². The molecule has 0 amide bonds. The Kier molecular flexibility index (Phi) is 12.4. The predicted molar refractivity (Wildman–Crippen MR) is 233 cm³/mol. The van der Waals surface area contributed by atoms with E-state index in [0.29, 0.717) is 22.8 Å². The van der Waals surface area contributed by atoms with Crippen molar-refractivity contribution >= 4 is 69.4 Å². The first kappa shape index (κ1) is 40.2. The summed E-state index contributed by atoms with van der Waals surface area (Å²) in [7, 11) is 3.75. The van der Waals surface area contributed by atoms with E-state index >= 15 is 17.6 Å². The number of halogens is 5. The molecule has 4 aromatic rings. The lowest BCUT2D eigenvalue weighted by atomic mass is 9.72. The number of hydrogen-bond donors (Lipinski definition) is 0. The molecule has 2 unspecified atom stereocenters. The molecule has 0 nitrogen and oxygen atoms in total. The van der Waals surface area contributed by atoms with Gasteiger partial charge in [0.25, 0.3) is 5.92 Å². The first-order valence-electron chi connectivity index (χ1n) is 21.4. The highest BCUT2D eigenvalue weighted by Gasteiger charge is 2.64. The molecule has 8 heteroatoms. The first-order valence-corrected chi connectivity index (χ1v) is 23.6. The van der Waals surface area contributed by atoms with Gasteiger partial charge in [-0.3, -0.25) is 0 Å². The summed E-state index contributed by atoms with van der Waals surface area (Å²) in [6.07, 6.45) is 16.7. The van der Waals surface area contributed by atoms with E-state index in [1.165, 1.54) is 68.4 Å². The molecule has 1 heterocycles. The van der Waals surface area contributed by atoms with Gasteiger partial charge in [0.15, 0.2) is 0 Å². The van der Waals surface area contributed by atoms with E-state index in [1.54, 1.807) is 24.3 Å². The summed E-state index contributed by atoms with van der Waals surface area (Å²) < 4.78 is 65.8. The molecule has 1 spiro atoms. The molecule has 55 heavy (non-hydrogen) atoms. The molecule has 2 saturated carbocycles. The molecule has 4 aromatic carbocycles. The molecule has 3 fully saturated rings. The second-order valence-corrected chi connectivity index (χ2v) is 21.5. The average Bonchev–Trinajstić information content (AvgIpc) is 3.63. The zero-order valence-electron chi connectivity index (χ0n) is 33.5. The Labute approximate surface area is 346 Å². The lowest BCUT2D eigenvalue weighted by Gasteiger charge is -2.44. The Morgan fingerprint density at radius 3 is 1.80 bits per heavy atom. The molecule has 9 rings (SSSR count). The van der Waals surface area contributed by atoms with Crippen molar-refractivity contribution in [1.29, 1.82) is 1.34 Å². The van der Waals surface area contributed by atoms with Crippen LogP contribution in [-0.4, -0.2) is 25.5 Å². The number of fused-ring (bicyclic) bond motifs is 5. The molecular weight excluding hydrogens is 795 g/mol. The van der Waals surface area contributed by atoms with Crippen LogP contribution in [0.3, 0.4) is 0 Å². The number of benzene rings is 4. The fraction of sp³-hybridized carbons (Fsp3) is 0.574. The maximum atomic E-state index is 15.9. The van der Waals surface area contributed by atoms with E-state index in [0.717, 1.165) is 66.7 Å². The van der Waals surface area contributed by atoms with Crippen LogP contribution in [0.15, 0.2) is 60.7 Å². The third-order valence-electron chi connectivity index (χ3n) is 14.0. The highest BCUT2D eigenvalue weighted by Crippen LogP contribution is 2.65. The minimum absolute atomic E-state index is 0.0377. The van der Waals surface area contributed by atoms with Gasteiger partial charge in [-0.05, 0) is 109 Å². The lowest BCUT2D eigenvalue weighted by Crippen LogP contribution is -2.45. The van der Waals surface area contributed by atoms with Crippen LogP contribution in [0.25, 0.3) is 21.5 Å². The van der Waals surface area contributed by atoms with Gasteiger partial charge in [0.05, 0.1) is 9.64 Å². The van der Waals surface area contributed by atoms with E-state index in [4.69, 9.17) is 1.34 Å². The maximum Gasteiger partial charge on any atom is 0.291 e. The van der Waals surface area contributed by atoms with Crippen molar-refractivity contribution in [1.82, 2.24) is 0 Å². The normalized spacial score (nSPS) is 29.4. The molecule has 0 aromatic heterocycles. The SMILES string of the molecule is CCCC1CCC(C2(Br)Cc3cc4ccccc4c(F)c3C2(F)F)CC1.CCCC1CCC(C2Cc3cc4ccccc4c(F)c3C23SCCCS3)CC1.[2H][B]. The van der Waals surface area contributed by atoms with Gasteiger partial charge in [-0.15, -0.1) is 23.5 Å². The van der Waals surface area contributed by atoms with Crippen molar-refractivity contribution in [2.75, 3.05) is 11.5 Å². The standard InChI is InChI=1S/C25H31FS2.C22H24BrF3.BH/c1-2-6-17-9-11-18(12-10-17)22-16-20-15-19-7-3-4-8-21(19)24(26)23(20)25(22)27-13-5-14-28-25;1-2-5-14-8-10-17(11-9-14)21(23)13-16-12-15-6-3-4-7-18(15)20(24)19(16)22(21,25)26;/h3-4,7-8,15,17-18,22H,2,5-6,9-14,16H2,1H3;3-4,6-7,12,14,17H,2,5,8-11,13H2,1H3;1H/i;;1D. The molecule has 2 atom stereocenters. The Morgan fingerprint density at radius 1 is 0.727 bits per heavy atom. The van der Waals surface area contributed by atoms with E-state index < -0.39 is 16.1 Å². The van der Waals surface area contributed by atoms with E-state index in [9.17, 15) is 0 Å². The topological polar surface area (TPSA) is 0 Å². The Bertz CT molecular complexity index is 1970. The smallest absolute Gasteiger partial charge is 0.206 e. The van der Waals surface area contributed by atoms with Crippen LogP contribution >= 0.6 is 39.5 Å². The van der Waals surface area contributed by atoms with Crippen LogP contribution in [0.4, 0.5) is 17.6 Å². The largest absolute Gasteiger partial charge is 0.291 e. The van der Waals surface area contributed by atoms with Crippen molar-refractivity contribution in [3.8, 4) is 0 Å². The minimum Gasteiger partial charge on any atom is -0.206 e. The first-order chi connectivity index (χ1) is 27.1. The molecule has 4 aliphatic carbocycles. The third-order valence-corrected chi connectivity index (χ3v) is 19.0. The number of alkyl halides is 3. The van der Waals surface area contributed by atoms with Crippen molar-refractivity contribution in [3.05, 3.63) is 94.6 Å². The Morgan fingerprint density at radius 2 is 1.24 bits per heavy atom. The molecule has 5 aliphatic rings. The second-order valence-electron chi connectivity index (χ2n) is 17.1. The average molecular weight is 853 g/mol. The second kappa shape index (κ2) is 16.9.